The van der Waals surface area contributed by atoms with Crippen LogP contribution in [0.3, 0.4) is 0 Å². The van der Waals surface area contributed by atoms with Gasteiger partial charge in [-0.25, -0.2) is 9.97 Å². The second-order valence-corrected chi connectivity index (χ2v) is 5.13. The molecule has 1 saturated heterocycles. The molecule has 4 heteroatoms. The second-order valence-electron chi connectivity index (χ2n) is 5.13. The van der Waals surface area contributed by atoms with E-state index in [1.54, 1.807) is 6.33 Å². The molecule has 0 saturated carbocycles. The van der Waals surface area contributed by atoms with E-state index in [1.807, 2.05) is 13.0 Å². The SMILES string of the molecule is CCOc1cc(N2CC(C)C2c2ccccc2)ncn1. The van der Waals surface area contributed by atoms with Crippen LogP contribution in [0.5, 0.6) is 5.88 Å². The summed E-state index contributed by atoms with van der Waals surface area (Å²) < 4.78 is 5.46. The maximum atomic E-state index is 5.46. The Morgan fingerprint density at radius 3 is 2.75 bits per heavy atom. The summed E-state index contributed by atoms with van der Waals surface area (Å²) in [4.78, 5) is 10.8. The Morgan fingerprint density at radius 2 is 2.05 bits per heavy atom. The van der Waals surface area contributed by atoms with Crippen LogP contribution < -0.4 is 9.64 Å². The first-order chi connectivity index (χ1) is 9.79. The largest absolute Gasteiger partial charge is 0.478 e. The van der Waals surface area contributed by atoms with Gasteiger partial charge in [-0.3, -0.25) is 0 Å². The van der Waals surface area contributed by atoms with E-state index in [2.05, 4.69) is 52.1 Å². The molecule has 1 aromatic heterocycles. The molecule has 0 bridgehead atoms. The zero-order valence-corrected chi connectivity index (χ0v) is 11.9. The number of nitrogens with zero attached hydrogens (tertiary/aromatic N) is 3. The topological polar surface area (TPSA) is 38.2 Å². The van der Waals surface area contributed by atoms with E-state index < -0.39 is 0 Å². The minimum Gasteiger partial charge on any atom is -0.478 e. The number of hydrogen-bond acceptors (Lipinski definition) is 4. The zero-order chi connectivity index (χ0) is 13.9. The molecular weight excluding hydrogens is 250 g/mol. The number of aromatic nitrogens is 2. The maximum Gasteiger partial charge on any atom is 0.218 e. The van der Waals surface area contributed by atoms with E-state index in [9.17, 15) is 0 Å². The summed E-state index contributed by atoms with van der Waals surface area (Å²) in [6.07, 6.45) is 1.57. The van der Waals surface area contributed by atoms with Gasteiger partial charge in [-0.1, -0.05) is 37.3 Å². The number of ether oxygens (including phenoxy) is 1. The predicted molar refractivity (Wildman–Crippen MR) is 78.9 cm³/mol. The molecule has 3 rings (SSSR count). The van der Waals surface area contributed by atoms with Crippen molar-refractivity contribution in [2.75, 3.05) is 18.1 Å². The molecule has 0 amide bonds. The van der Waals surface area contributed by atoms with Crippen LogP contribution in [0.1, 0.15) is 25.5 Å². The van der Waals surface area contributed by atoms with Crippen molar-refractivity contribution in [3.8, 4) is 5.88 Å². The summed E-state index contributed by atoms with van der Waals surface area (Å²) in [6.45, 7) is 5.87. The predicted octanol–water partition coefficient (Wildman–Crippen LogP) is 3.07. The molecular formula is C16H19N3O. The van der Waals surface area contributed by atoms with Crippen LogP contribution in [0.2, 0.25) is 0 Å². The highest BCUT2D eigenvalue weighted by Gasteiger charge is 2.37. The van der Waals surface area contributed by atoms with Crippen molar-refractivity contribution in [1.29, 1.82) is 0 Å². The fourth-order valence-corrected chi connectivity index (χ4v) is 2.80. The lowest BCUT2D eigenvalue weighted by atomic mass is 9.85. The number of benzene rings is 1. The first kappa shape index (κ1) is 12.9. The third kappa shape index (κ3) is 2.33. The lowest BCUT2D eigenvalue weighted by Crippen LogP contribution is -2.48. The molecule has 1 aliphatic rings. The Labute approximate surface area is 119 Å². The number of anilines is 1. The third-order valence-corrected chi connectivity index (χ3v) is 3.71. The van der Waals surface area contributed by atoms with Crippen molar-refractivity contribution in [2.24, 2.45) is 5.92 Å². The van der Waals surface area contributed by atoms with Gasteiger partial charge in [-0.2, -0.15) is 0 Å². The molecule has 2 unspecified atom stereocenters. The van der Waals surface area contributed by atoms with Crippen LogP contribution in [-0.2, 0) is 0 Å². The Kier molecular flexibility index (Phi) is 3.54. The third-order valence-electron chi connectivity index (χ3n) is 3.71. The minimum atomic E-state index is 0.389. The Morgan fingerprint density at radius 1 is 1.25 bits per heavy atom. The highest BCUT2D eigenvalue weighted by molar-refractivity contribution is 5.48. The van der Waals surface area contributed by atoms with E-state index in [-0.39, 0.29) is 0 Å². The Bertz CT molecular complexity index is 573. The van der Waals surface area contributed by atoms with Gasteiger partial charge in [0, 0.05) is 12.6 Å². The molecule has 20 heavy (non-hydrogen) atoms. The Balaban J connectivity index is 1.85. The fourth-order valence-electron chi connectivity index (χ4n) is 2.80. The minimum absolute atomic E-state index is 0.389. The molecule has 1 aliphatic heterocycles. The lowest BCUT2D eigenvalue weighted by Gasteiger charge is -2.47. The van der Waals surface area contributed by atoms with Crippen LogP contribution in [-0.4, -0.2) is 23.1 Å². The molecule has 2 aromatic rings. The van der Waals surface area contributed by atoms with Crippen molar-refractivity contribution < 1.29 is 4.74 Å². The highest BCUT2D eigenvalue weighted by Crippen LogP contribution is 2.41. The van der Waals surface area contributed by atoms with Crippen molar-refractivity contribution in [3.63, 3.8) is 0 Å². The highest BCUT2D eigenvalue weighted by atomic mass is 16.5. The van der Waals surface area contributed by atoms with Gasteiger partial charge in [0.2, 0.25) is 5.88 Å². The van der Waals surface area contributed by atoms with Crippen molar-refractivity contribution in [2.45, 2.75) is 19.9 Å². The average molecular weight is 269 g/mol. The molecule has 2 heterocycles. The van der Waals surface area contributed by atoms with E-state index >= 15 is 0 Å². The maximum absolute atomic E-state index is 5.46. The summed E-state index contributed by atoms with van der Waals surface area (Å²) in [5.41, 5.74) is 1.34. The van der Waals surface area contributed by atoms with Crippen LogP contribution in [0, 0.1) is 5.92 Å². The molecule has 4 nitrogen and oxygen atoms in total. The summed E-state index contributed by atoms with van der Waals surface area (Å²) >= 11 is 0. The van der Waals surface area contributed by atoms with E-state index in [0.29, 0.717) is 24.4 Å². The quantitative estimate of drug-likeness (QED) is 0.855. The van der Waals surface area contributed by atoms with Gasteiger partial charge >= 0.3 is 0 Å². The van der Waals surface area contributed by atoms with Gasteiger partial charge in [0.25, 0.3) is 0 Å². The van der Waals surface area contributed by atoms with Crippen LogP contribution >= 0.6 is 0 Å². The standard InChI is InChI=1S/C16H19N3O/c1-3-20-15-9-14(17-11-18-15)19-10-12(2)16(19)13-7-5-4-6-8-13/h4-9,11-12,16H,3,10H2,1-2H3. The van der Waals surface area contributed by atoms with Gasteiger partial charge in [-0.15, -0.1) is 0 Å². The van der Waals surface area contributed by atoms with Crippen molar-refractivity contribution in [3.05, 3.63) is 48.3 Å². The van der Waals surface area contributed by atoms with Gasteiger partial charge in [0.1, 0.15) is 12.1 Å². The smallest absolute Gasteiger partial charge is 0.218 e. The van der Waals surface area contributed by atoms with E-state index in [4.69, 9.17) is 4.74 Å². The number of hydrogen-bond donors (Lipinski definition) is 0. The van der Waals surface area contributed by atoms with Crippen LogP contribution in [0.4, 0.5) is 5.82 Å². The molecule has 0 spiro atoms. The van der Waals surface area contributed by atoms with Crippen LogP contribution in [0.25, 0.3) is 0 Å². The van der Waals surface area contributed by atoms with Gasteiger partial charge in [0.05, 0.1) is 12.6 Å². The fraction of sp³-hybridized carbons (Fsp3) is 0.375. The molecule has 2 atom stereocenters. The zero-order valence-electron chi connectivity index (χ0n) is 11.9. The first-order valence-electron chi connectivity index (χ1n) is 7.06. The Hall–Kier alpha value is -2.10. The lowest BCUT2D eigenvalue weighted by molar-refractivity contribution is 0.314. The molecule has 0 aliphatic carbocycles. The van der Waals surface area contributed by atoms with Gasteiger partial charge < -0.3 is 9.64 Å². The molecule has 1 aromatic carbocycles. The molecule has 1 fully saturated rings. The van der Waals surface area contributed by atoms with Crippen molar-refractivity contribution in [1.82, 2.24) is 9.97 Å². The summed E-state index contributed by atoms with van der Waals surface area (Å²) in [5.74, 6) is 2.21. The van der Waals surface area contributed by atoms with Crippen molar-refractivity contribution >= 4 is 5.82 Å². The second kappa shape index (κ2) is 5.49. The molecule has 104 valence electrons. The van der Waals surface area contributed by atoms with E-state index in [0.717, 1.165) is 12.4 Å². The average Bonchev–Trinajstić information content (AvgIpc) is 2.46. The monoisotopic (exact) mass is 269 g/mol. The first-order valence-corrected chi connectivity index (χ1v) is 7.06. The van der Waals surface area contributed by atoms with Crippen LogP contribution in [0.15, 0.2) is 42.7 Å². The molecule has 0 N–H and O–H groups in total. The van der Waals surface area contributed by atoms with Gasteiger partial charge in [-0.05, 0) is 18.4 Å². The summed E-state index contributed by atoms with van der Waals surface area (Å²) in [5, 5.41) is 0. The summed E-state index contributed by atoms with van der Waals surface area (Å²) in [6, 6.07) is 12.9. The normalized spacial score (nSPS) is 21.4. The van der Waals surface area contributed by atoms with E-state index in [1.165, 1.54) is 5.56 Å². The van der Waals surface area contributed by atoms with Gasteiger partial charge in [0.15, 0.2) is 0 Å². The molecule has 0 radical (unpaired) electrons. The number of rotatable bonds is 4. The summed E-state index contributed by atoms with van der Waals surface area (Å²) in [7, 11) is 0.